The number of carbonyl (C=O) groups excluding carboxylic acids is 1. The summed E-state index contributed by atoms with van der Waals surface area (Å²) in [5.74, 6) is -0.0912. The summed E-state index contributed by atoms with van der Waals surface area (Å²) in [6, 6.07) is 5.16. The first-order valence-corrected chi connectivity index (χ1v) is 12.5. The van der Waals surface area contributed by atoms with Gasteiger partial charge >= 0.3 is 0 Å². The Morgan fingerprint density at radius 3 is 2.79 bits per heavy atom. The summed E-state index contributed by atoms with van der Waals surface area (Å²) in [7, 11) is -2.24. The van der Waals surface area contributed by atoms with E-state index in [0.717, 1.165) is 16.7 Å². The molecule has 0 saturated carbocycles. The summed E-state index contributed by atoms with van der Waals surface area (Å²) >= 11 is 1.18. The van der Waals surface area contributed by atoms with Crippen LogP contribution in [0.25, 0.3) is 0 Å². The number of benzene rings is 1. The van der Waals surface area contributed by atoms with Crippen LogP contribution < -0.4 is 15.8 Å². The van der Waals surface area contributed by atoms with Gasteiger partial charge in [-0.05, 0) is 11.6 Å². The van der Waals surface area contributed by atoms with Crippen molar-refractivity contribution in [3.8, 4) is 0 Å². The second-order valence-electron chi connectivity index (χ2n) is 7.47. The van der Waals surface area contributed by atoms with Crippen molar-refractivity contribution in [2.45, 2.75) is 12.8 Å². The van der Waals surface area contributed by atoms with Crippen molar-refractivity contribution < 1.29 is 18.3 Å². The molecule has 1 amide bonds. The van der Waals surface area contributed by atoms with Gasteiger partial charge in [-0.2, -0.15) is 17.4 Å². The second kappa shape index (κ2) is 10.5. The number of nitrogens with one attached hydrogen (secondary N) is 4. The Morgan fingerprint density at radius 2 is 2.18 bits per heavy atom. The van der Waals surface area contributed by atoms with E-state index in [2.05, 4.69) is 21.6 Å². The van der Waals surface area contributed by atoms with Crippen molar-refractivity contribution in [2.75, 3.05) is 31.6 Å². The number of nitrogens with two attached hydrogens (primary N) is 1. The zero-order valence-electron chi connectivity index (χ0n) is 18.4. The number of nitrogens with zero attached hydrogens (tertiary/aromatic N) is 3. The van der Waals surface area contributed by atoms with Crippen molar-refractivity contribution in [3.05, 3.63) is 53.0 Å². The molecule has 2 aliphatic heterocycles. The van der Waals surface area contributed by atoms with Crippen molar-refractivity contribution in [3.63, 3.8) is 0 Å². The largest absolute Gasteiger partial charge is 0.398 e. The normalized spacial score (nSPS) is 23.1. The molecule has 7 N–H and O–H groups in total. The van der Waals surface area contributed by atoms with E-state index in [-0.39, 0.29) is 36.9 Å². The number of anilines is 1. The number of nitrogen functional groups attached to an aromatic ring is 1. The lowest BCUT2D eigenvalue weighted by Gasteiger charge is -2.27. The van der Waals surface area contributed by atoms with Gasteiger partial charge in [0.1, 0.15) is 17.7 Å². The lowest BCUT2D eigenvalue weighted by molar-refractivity contribution is -0.118. The fourth-order valence-corrected chi connectivity index (χ4v) is 5.65. The molecule has 0 unspecified atom stereocenters. The van der Waals surface area contributed by atoms with Crippen LogP contribution in [-0.4, -0.2) is 78.2 Å². The lowest BCUT2D eigenvalue weighted by Crippen LogP contribution is -2.36. The summed E-state index contributed by atoms with van der Waals surface area (Å²) in [6.07, 6.45) is 0.997. The molecule has 1 fully saturated rings. The fraction of sp³-hybridized carbons (Fsp3) is 0.300. The van der Waals surface area contributed by atoms with Crippen LogP contribution in [0, 0.1) is 10.8 Å². The van der Waals surface area contributed by atoms with Crippen molar-refractivity contribution >= 4 is 51.0 Å². The van der Waals surface area contributed by atoms with Crippen LogP contribution in [0.4, 0.5) is 5.69 Å². The smallest absolute Gasteiger partial charge is 0.282 e. The lowest BCUT2D eigenvalue weighted by atomic mass is 10.1. The maximum absolute atomic E-state index is 13.1. The molecule has 12 nitrogen and oxygen atoms in total. The first kappa shape index (κ1) is 25.6. The highest BCUT2D eigenvalue weighted by atomic mass is 32.2. The standard InChI is InChI=1S/C20H26N8O4S2/c1-12-25-18(10-28-9-17(29)26-34(28,31)32)33-11-14(6-21)19(27(12)2)20(30)24-8-13-4-3-5-16(23)15(13)7-22/h3-7,17,21-22,26,29H,1,8-11,23H2,2H3,(H,24,30)/b19-14-,21-6?,22-7?,25-18?/t17-/m1/s1. The van der Waals surface area contributed by atoms with E-state index in [9.17, 15) is 18.3 Å². The third kappa shape index (κ3) is 5.53. The van der Waals surface area contributed by atoms with Gasteiger partial charge in [0.25, 0.3) is 16.1 Å². The summed E-state index contributed by atoms with van der Waals surface area (Å²) < 4.78 is 27.4. The molecule has 0 bridgehead atoms. The molecule has 2 aliphatic rings. The zero-order valence-corrected chi connectivity index (χ0v) is 20.0. The van der Waals surface area contributed by atoms with Crippen molar-refractivity contribution in [2.24, 2.45) is 4.99 Å². The number of hydrogen-bond acceptors (Lipinski definition) is 10. The van der Waals surface area contributed by atoms with Crippen molar-refractivity contribution in [1.29, 1.82) is 10.8 Å². The highest BCUT2D eigenvalue weighted by molar-refractivity contribution is 8.14. The molecule has 0 radical (unpaired) electrons. The molecule has 2 heterocycles. The number of amides is 1. The molecule has 3 rings (SSSR count). The van der Waals surface area contributed by atoms with E-state index in [1.807, 2.05) is 0 Å². The molecule has 1 aromatic rings. The molecule has 34 heavy (non-hydrogen) atoms. The number of aliphatic imine (C=N–C) groups is 1. The summed E-state index contributed by atoms with van der Waals surface area (Å²) in [4.78, 5) is 18.9. The van der Waals surface area contributed by atoms with Crippen LogP contribution in [0.3, 0.4) is 0 Å². The van der Waals surface area contributed by atoms with Gasteiger partial charge in [-0.25, -0.2) is 4.99 Å². The Morgan fingerprint density at radius 1 is 1.44 bits per heavy atom. The molecule has 0 aromatic heterocycles. The summed E-state index contributed by atoms with van der Waals surface area (Å²) in [5.41, 5.74) is 8.09. The second-order valence-corrected chi connectivity index (χ2v) is 10.2. The SMILES string of the molecule is C=C1N=C(CN2C[C@@H](O)NS2(=O)=O)SC/C(C=N)=C(/C(=O)NCc2cccc(N)c2C=N)N1C. The first-order chi connectivity index (χ1) is 16.1. The molecular formula is C20H26N8O4S2. The maximum atomic E-state index is 13.1. The van der Waals surface area contributed by atoms with E-state index < -0.39 is 22.3 Å². The summed E-state index contributed by atoms with van der Waals surface area (Å²) in [6.45, 7) is 3.80. The average Bonchev–Trinajstić information content (AvgIpc) is 3.03. The number of likely N-dealkylation sites (N-methyl/N-ethyl adjacent to an activating group) is 1. The number of thioether (sulfide) groups is 1. The van der Waals surface area contributed by atoms with Gasteiger partial charge in [0.2, 0.25) is 0 Å². The molecule has 14 heteroatoms. The number of aliphatic hydroxyl groups is 1. The van der Waals surface area contributed by atoms with Gasteiger partial charge in [-0.3, -0.25) is 4.79 Å². The van der Waals surface area contributed by atoms with E-state index in [4.69, 9.17) is 16.6 Å². The van der Waals surface area contributed by atoms with Gasteiger partial charge < -0.3 is 31.9 Å². The number of aliphatic hydroxyl groups excluding tert-OH is 1. The van der Waals surface area contributed by atoms with E-state index in [1.165, 1.54) is 16.7 Å². The molecule has 182 valence electrons. The van der Waals surface area contributed by atoms with Gasteiger partial charge in [-0.1, -0.05) is 18.7 Å². The van der Waals surface area contributed by atoms with Crippen LogP contribution in [0.2, 0.25) is 0 Å². The Labute approximate surface area is 201 Å². The third-order valence-corrected chi connectivity index (χ3v) is 7.73. The van der Waals surface area contributed by atoms with Crippen LogP contribution in [-0.2, 0) is 21.5 Å². The minimum absolute atomic E-state index is 0.0848. The Bertz CT molecular complexity index is 1190. The summed E-state index contributed by atoms with van der Waals surface area (Å²) in [5, 5.41) is 28.2. The van der Waals surface area contributed by atoms with Gasteiger partial charge in [0.15, 0.2) is 0 Å². The Kier molecular flexibility index (Phi) is 7.89. The van der Waals surface area contributed by atoms with Gasteiger partial charge in [-0.15, -0.1) is 11.8 Å². The predicted octanol–water partition coefficient (Wildman–Crippen LogP) is -0.197. The first-order valence-electron chi connectivity index (χ1n) is 10.1. The molecular weight excluding hydrogens is 480 g/mol. The molecule has 0 spiro atoms. The molecule has 1 saturated heterocycles. The molecule has 1 aromatic carbocycles. The fourth-order valence-electron chi connectivity index (χ4n) is 3.41. The van der Waals surface area contributed by atoms with Crippen LogP contribution >= 0.6 is 11.8 Å². The predicted molar refractivity (Wildman–Crippen MR) is 133 cm³/mol. The quantitative estimate of drug-likeness (QED) is 0.218. The van der Waals surface area contributed by atoms with Crippen molar-refractivity contribution in [1.82, 2.24) is 19.2 Å². The van der Waals surface area contributed by atoms with E-state index >= 15 is 0 Å². The Balaban J connectivity index is 1.79. The monoisotopic (exact) mass is 506 g/mol. The number of rotatable bonds is 7. The highest BCUT2D eigenvalue weighted by Gasteiger charge is 2.35. The molecule has 1 atom stereocenters. The van der Waals surface area contributed by atoms with Gasteiger partial charge in [0.05, 0.1) is 18.1 Å². The molecule has 0 aliphatic carbocycles. The van der Waals surface area contributed by atoms with Gasteiger partial charge in [0, 0.05) is 48.6 Å². The third-order valence-electron chi connectivity index (χ3n) is 5.19. The van der Waals surface area contributed by atoms with Crippen LogP contribution in [0.5, 0.6) is 0 Å². The maximum Gasteiger partial charge on any atom is 0.282 e. The zero-order chi connectivity index (χ0) is 25.0. The van der Waals surface area contributed by atoms with Crippen LogP contribution in [0.15, 0.2) is 46.9 Å². The van der Waals surface area contributed by atoms with E-state index in [1.54, 1.807) is 25.2 Å². The Hall–Kier alpha value is -3.04. The average molecular weight is 507 g/mol. The van der Waals surface area contributed by atoms with Crippen LogP contribution in [0.1, 0.15) is 11.1 Å². The topological polar surface area (TPSA) is 188 Å². The highest BCUT2D eigenvalue weighted by Crippen LogP contribution is 2.25. The number of hydrogen-bond donors (Lipinski definition) is 6. The minimum atomic E-state index is -3.82. The number of carbonyl (C=O) groups is 1. The van der Waals surface area contributed by atoms with E-state index in [0.29, 0.717) is 27.4 Å². The minimum Gasteiger partial charge on any atom is -0.398 e. The number of β-amino-alcohol motifs (C(OH)–C–C–N with tert-alkyl or cyclic N) is 1.